The van der Waals surface area contributed by atoms with Crippen LogP contribution in [0.3, 0.4) is 0 Å². The fraction of sp³-hybridized carbons (Fsp3) is 0.100. The Morgan fingerprint density at radius 1 is 1.00 bits per heavy atom. The van der Waals surface area contributed by atoms with Crippen molar-refractivity contribution in [2.24, 2.45) is 7.05 Å². The van der Waals surface area contributed by atoms with Gasteiger partial charge in [-0.3, -0.25) is 4.79 Å². The van der Waals surface area contributed by atoms with Gasteiger partial charge in [-0.2, -0.15) is 0 Å². The van der Waals surface area contributed by atoms with E-state index in [1.54, 1.807) is 0 Å². The van der Waals surface area contributed by atoms with Gasteiger partial charge in [-0.15, -0.1) is 0 Å². The number of rotatable bonds is 2. The maximum atomic E-state index is 11.3. The van der Waals surface area contributed by atoms with Crippen molar-refractivity contribution < 1.29 is 4.79 Å². The van der Waals surface area contributed by atoms with E-state index in [0.29, 0.717) is 0 Å². The van der Waals surface area contributed by atoms with Crippen molar-refractivity contribution in [3.8, 4) is 11.1 Å². The molecule has 0 aliphatic carbocycles. The molecular formula is C20H16N2O. The third-order valence-corrected chi connectivity index (χ3v) is 4.45. The van der Waals surface area contributed by atoms with Crippen LogP contribution >= 0.6 is 0 Å². The molecule has 0 spiro atoms. The van der Waals surface area contributed by atoms with E-state index >= 15 is 0 Å². The molecule has 0 radical (unpaired) electrons. The van der Waals surface area contributed by atoms with E-state index in [-0.39, 0.29) is 0 Å². The topological polar surface area (TPSA) is 34.9 Å². The lowest BCUT2D eigenvalue weighted by molar-refractivity contribution is 0.112. The van der Waals surface area contributed by atoms with E-state index in [9.17, 15) is 4.79 Å². The van der Waals surface area contributed by atoms with Gasteiger partial charge in [-0.25, -0.2) is 4.98 Å². The van der Waals surface area contributed by atoms with E-state index < -0.39 is 0 Å². The number of hydrogen-bond donors (Lipinski definition) is 0. The molecule has 4 aromatic rings. The van der Waals surface area contributed by atoms with Gasteiger partial charge >= 0.3 is 0 Å². The first-order chi connectivity index (χ1) is 11.2. The van der Waals surface area contributed by atoms with Gasteiger partial charge in [0.1, 0.15) is 0 Å². The standard InChI is InChI=1S/C20H16N2O/c1-13-9-19-20(22(2)12-21-19)10-18(13)17-8-7-14(11-23)15-5-3-4-6-16(15)17/h3-12H,1-2H3. The molecule has 0 aliphatic rings. The van der Waals surface area contributed by atoms with Crippen molar-refractivity contribution in [1.82, 2.24) is 9.55 Å². The third kappa shape index (κ3) is 2.05. The molecule has 0 bridgehead atoms. The van der Waals surface area contributed by atoms with E-state index in [0.717, 1.165) is 39.2 Å². The van der Waals surface area contributed by atoms with Crippen molar-refractivity contribution >= 4 is 28.1 Å². The van der Waals surface area contributed by atoms with E-state index in [2.05, 4.69) is 30.1 Å². The van der Waals surface area contributed by atoms with Gasteiger partial charge in [0, 0.05) is 12.6 Å². The van der Waals surface area contributed by atoms with E-state index in [1.165, 1.54) is 11.1 Å². The number of nitrogens with zero attached hydrogens (tertiary/aromatic N) is 2. The van der Waals surface area contributed by atoms with E-state index in [4.69, 9.17) is 0 Å². The Kier molecular flexibility index (Phi) is 3.01. The summed E-state index contributed by atoms with van der Waals surface area (Å²) in [6.45, 7) is 2.10. The van der Waals surface area contributed by atoms with Gasteiger partial charge in [0.15, 0.2) is 6.29 Å². The Labute approximate surface area is 134 Å². The number of imidazole rings is 1. The zero-order valence-corrected chi connectivity index (χ0v) is 13.1. The Morgan fingerprint density at radius 2 is 1.78 bits per heavy atom. The molecule has 3 heteroatoms. The SMILES string of the molecule is Cc1cc2ncn(C)c2cc1-c1ccc(C=O)c2ccccc12. The van der Waals surface area contributed by atoms with Crippen LogP contribution in [0.2, 0.25) is 0 Å². The first kappa shape index (κ1) is 13.7. The molecule has 23 heavy (non-hydrogen) atoms. The Morgan fingerprint density at radius 3 is 2.57 bits per heavy atom. The molecule has 4 rings (SSSR count). The second kappa shape index (κ2) is 5.06. The first-order valence-corrected chi connectivity index (χ1v) is 7.58. The molecule has 3 aromatic carbocycles. The summed E-state index contributed by atoms with van der Waals surface area (Å²) in [5.74, 6) is 0. The summed E-state index contributed by atoms with van der Waals surface area (Å²) < 4.78 is 2.03. The number of carbonyl (C=O) groups excluding carboxylic acids is 1. The van der Waals surface area contributed by atoms with Crippen molar-refractivity contribution in [1.29, 1.82) is 0 Å². The summed E-state index contributed by atoms with van der Waals surface area (Å²) in [4.78, 5) is 15.7. The lowest BCUT2D eigenvalue weighted by Crippen LogP contribution is -1.91. The summed E-state index contributed by atoms with van der Waals surface area (Å²) in [5.41, 5.74) is 6.34. The van der Waals surface area contributed by atoms with Crippen LogP contribution < -0.4 is 0 Å². The Balaban J connectivity index is 2.08. The van der Waals surface area contributed by atoms with Crippen LogP contribution in [0.1, 0.15) is 15.9 Å². The van der Waals surface area contributed by atoms with Gasteiger partial charge in [0.2, 0.25) is 0 Å². The van der Waals surface area contributed by atoms with Gasteiger partial charge < -0.3 is 4.57 Å². The minimum Gasteiger partial charge on any atom is -0.334 e. The number of aromatic nitrogens is 2. The van der Waals surface area contributed by atoms with Gasteiger partial charge in [-0.1, -0.05) is 36.4 Å². The molecule has 0 aliphatic heterocycles. The number of carbonyl (C=O) groups is 1. The van der Waals surface area contributed by atoms with Crippen LogP contribution in [-0.4, -0.2) is 15.8 Å². The smallest absolute Gasteiger partial charge is 0.150 e. The van der Waals surface area contributed by atoms with Crippen molar-refractivity contribution in [3.05, 3.63) is 66.0 Å². The summed E-state index contributed by atoms with van der Waals surface area (Å²) >= 11 is 0. The highest BCUT2D eigenvalue weighted by Gasteiger charge is 2.11. The zero-order valence-electron chi connectivity index (χ0n) is 13.1. The fourth-order valence-electron chi connectivity index (χ4n) is 3.23. The third-order valence-electron chi connectivity index (χ3n) is 4.45. The second-order valence-corrected chi connectivity index (χ2v) is 5.88. The van der Waals surface area contributed by atoms with Crippen molar-refractivity contribution in [2.75, 3.05) is 0 Å². The molecule has 0 saturated heterocycles. The fourth-order valence-corrected chi connectivity index (χ4v) is 3.23. The molecule has 0 atom stereocenters. The monoisotopic (exact) mass is 300 g/mol. The minimum absolute atomic E-state index is 0.726. The number of aryl methyl sites for hydroxylation is 2. The number of hydrogen-bond acceptors (Lipinski definition) is 2. The van der Waals surface area contributed by atoms with Crippen molar-refractivity contribution in [3.63, 3.8) is 0 Å². The Bertz CT molecular complexity index is 1060. The normalized spacial score (nSPS) is 11.2. The van der Waals surface area contributed by atoms with Crippen molar-refractivity contribution in [2.45, 2.75) is 6.92 Å². The molecule has 0 unspecified atom stereocenters. The predicted molar refractivity (Wildman–Crippen MR) is 93.8 cm³/mol. The molecule has 0 N–H and O–H groups in total. The van der Waals surface area contributed by atoms with E-state index in [1.807, 2.05) is 48.3 Å². The highest BCUT2D eigenvalue weighted by atomic mass is 16.1. The molecule has 112 valence electrons. The van der Waals surface area contributed by atoms with Gasteiger partial charge in [-0.05, 0) is 46.5 Å². The molecule has 0 fully saturated rings. The summed E-state index contributed by atoms with van der Waals surface area (Å²) in [7, 11) is 2.00. The highest BCUT2D eigenvalue weighted by molar-refractivity contribution is 6.06. The van der Waals surface area contributed by atoms with Crippen LogP contribution in [0.25, 0.3) is 32.9 Å². The number of fused-ring (bicyclic) bond motifs is 2. The number of aldehydes is 1. The molecule has 1 aromatic heterocycles. The van der Waals surface area contributed by atoms with Crippen LogP contribution in [0.5, 0.6) is 0 Å². The molecule has 0 amide bonds. The predicted octanol–water partition coefficient (Wildman–Crippen LogP) is 4.51. The van der Waals surface area contributed by atoms with Crippen LogP contribution in [-0.2, 0) is 7.05 Å². The second-order valence-electron chi connectivity index (χ2n) is 5.88. The van der Waals surface area contributed by atoms with Gasteiger partial charge in [0.25, 0.3) is 0 Å². The van der Waals surface area contributed by atoms with Crippen LogP contribution in [0.15, 0.2) is 54.9 Å². The lowest BCUT2D eigenvalue weighted by Gasteiger charge is -2.12. The lowest BCUT2D eigenvalue weighted by atomic mass is 9.92. The van der Waals surface area contributed by atoms with Crippen LogP contribution in [0, 0.1) is 6.92 Å². The summed E-state index contributed by atoms with van der Waals surface area (Å²) in [5, 5.41) is 2.09. The maximum absolute atomic E-state index is 11.3. The largest absolute Gasteiger partial charge is 0.334 e. The molecule has 1 heterocycles. The average molecular weight is 300 g/mol. The maximum Gasteiger partial charge on any atom is 0.150 e. The molecule has 0 saturated carbocycles. The number of benzene rings is 3. The van der Waals surface area contributed by atoms with Gasteiger partial charge in [0.05, 0.1) is 17.4 Å². The molecule has 3 nitrogen and oxygen atoms in total. The average Bonchev–Trinajstić information content (AvgIpc) is 2.93. The van der Waals surface area contributed by atoms with Crippen LogP contribution in [0.4, 0.5) is 0 Å². The quantitative estimate of drug-likeness (QED) is 0.510. The Hall–Kier alpha value is -2.94. The summed E-state index contributed by atoms with van der Waals surface area (Å²) in [6, 6.07) is 16.3. The first-order valence-electron chi connectivity index (χ1n) is 7.58. The minimum atomic E-state index is 0.726. The summed E-state index contributed by atoms with van der Waals surface area (Å²) in [6.07, 6.45) is 2.75. The zero-order chi connectivity index (χ0) is 16.0. The molecular weight excluding hydrogens is 284 g/mol. The highest BCUT2D eigenvalue weighted by Crippen LogP contribution is 2.34.